The molecule has 0 aliphatic heterocycles. The molecule has 1 aliphatic carbocycles. The molecule has 0 saturated heterocycles. The smallest absolute Gasteiger partial charge is 0.185 e. The molecule has 1 aliphatic rings. The zero-order valence-electron chi connectivity index (χ0n) is 29.3. The van der Waals surface area contributed by atoms with E-state index in [1.54, 1.807) is 56.6 Å². The second-order valence-corrected chi connectivity index (χ2v) is 14.4. The van der Waals surface area contributed by atoms with E-state index < -0.39 is 11.2 Å². The molecule has 0 amide bonds. The Morgan fingerprint density at radius 2 is 1.39 bits per heavy atom. The normalized spacial score (nSPS) is 13.2. The molecule has 3 aromatic carbocycles. The van der Waals surface area contributed by atoms with Crippen LogP contribution in [0.25, 0.3) is 10.9 Å². The number of ether oxygens (including phenoxy) is 3. The molecule has 10 heteroatoms. The molecule has 0 spiro atoms. The number of benzene rings is 3. The van der Waals surface area contributed by atoms with Gasteiger partial charge in [0.2, 0.25) is 0 Å². The van der Waals surface area contributed by atoms with Crippen molar-refractivity contribution in [1.82, 2.24) is 4.98 Å². The van der Waals surface area contributed by atoms with E-state index in [2.05, 4.69) is 4.98 Å². The largest absolute Gasteiger partial charge is 0.493 e. The Bertz CT molecular complexity index is 1830. The molecule has 0 radical (unpaired) electrons. The van der Waals surface area contributed by atoms with Crippen molar-refractivity contribution in [2.75, 3.05) is 19.5 Å². The van der Waals surface area contributed by atoms with Gasteiger partial charge >= 0.3 is 0 Å². The van der Waals surface area contributed by atoms with Crippen molar-refractivity contribution in [3.63, 3.8) is 0 Å². The lowest BCUT2D eigenvalue weighted by Gasteiger charge is -2.15. The van der Waals surface area contributed by atoms with Gasteiger partial charge in [0.05, 0.1) is 24.6 Å². The zero-order valence-corrected chi connectivity index (χ0v) is 30.1. The topological polar surface area (TPSA) is 91.8 Å². The number of methoxy groups -OCH3 is 1. The summed E-state index contributed by atoms with van der Waals surface area (Å²) in [5, 5.41) is 0.813. The summed E-state index contributed by atoms with van der Waals surface area (Å²) < 4.78 is 46.3. The maximum Gasteiger partial charge on any atom is 0.185 e. The highest BCUT2D eigenvalue weighted by atomic mass is 32.2. The Morgan fingerprint density at radius 3 is 2.04 bits per heavy atom. The number of halogens is 2. The van der Waals surface area contributed by atoms with Crippen LogP contribution in [0, 0.1) is 17.0 Å². The average Bonchev–Trinajstić information content (AvgIpc) is 3.93. The van der Waals surface area contributed by atoms with Gasteiger partial charge in [0.25, 0.3) is 0 Å². The summed E-state index contributed by atoms with van der Waals surface area (Å²) in [5.41, 5.74) is 0.647. The Balaban J connectivity index is 1.12. The number of rotatable bonds is 21. The van der Waals surface area contributed by atoms with Gasteiger partial charge in [0.15, 0.2) is 39.7 Å². The fourth-order valence-electron chi connectivity index (χ4n) is 6.16. The van der Waals surface area contributed by atoms with Crippen LogP contribution in [0.2, 0.25) is 0 Å². The van der Waals surface area contributed by atoms with Crippen LogP contribution in [0.5, 0.6) is 23.0 Å². The van der Waals surface area contributed by atoms with Crippen LogP contribution in [0.15, 0.2) is 66.9 Å². The van der Waals surface area contributed by atoms with Crippen molar-refractivity contribution in [2.45, 2.75) is 84.0 Å². The molecule has 7 nitrogen and oxygen atoms in total. The van der Waals surface area contributed by atoms with E-state index >= 15 is 4.39 Å². The van der Waals surface area contributed by atoms with E-state index in [1.165, 1.54) is 61.7 Å². The molecule has 270 valence electrons. The monoisotopic (exact) mass is 717 g/mol. The average molecular weight is 718 g/mol. The van der Waals surface area contributed by atoms with Crippen molar-refractivity contribution < 1.29 is 37.4 Å². The number of carbonyl (C=O) groups is 3. The van der Waals surface area contributed by atoms with Crippen LogP contribution < -0.4 is 14.2 Å². The van der Waals surface area contributed by atoms with Crippen molar-refractivity contribution in [3.8, 4) is 23.0 Å². The van der Waals surface area contributed by atoms with Gasteiger partial charge in [-0.05, 0) is 73.2 Å². The van der Waals surface area contributed by atoms with Crippen LogP contribution in [0.4, 0.5) is 8.78 Å². The maximum absolute atomic E-state index is 15.3. The quantitative estimate of drug-likeness (QED) is 0.0622. The highest BCUT2D eigenvalue weighted by Crippen LogP contribution is 2.49. The Kier molecular flexibility index (Phi) is 13.6. The van der Waals surface area contributed by atoms with Gasteiger partial charge in [-0.1, -0.05) is 68.5 Å². The third-order valence-electron chi connectivity index (χ3n) is 9.26. The van der Waals surface area contributed by atoms with Gasteiger partial charge < -0.3 is 14.2 Å². The molecule has 0 bridgehead atoms. The summed E-state index contributed by atoms with van der Waals surface area (Å²) in [6, 6.07) is 15.3. The summed E-state index contributed by atoms with van der Waals surface area (Å²) in [5.74, 6) is 0.921. The van der Waals surface area contributed by atoms with Crippen LogP contribution in [0.3, 0.4) is 0 Å². The Morgan fingerprint density at radius 1 is 0.745 bits per heavy atom. The van der Waals surface area contributed by atoms with Gasteiger partial charge in [-0.3, -0.25) is 19.4 Å². The molecule has 51 heavy (non-hydrogen) atoms. The SMILES string of the molecule is COc1cc2c(Oc3ccc(CC(=O)C4(C(=O)Cc5ccc(F)cc5)CC4)cc3F)ccnc2cc1OCCCCCCCCCCSC(C)=O. The van der Waals surface area contributed by atoms with Gasteiger partial charge in [-0.2, -0.15) is 0 Å². The lowest BCUT2D eigenvalue weighted by Crippen LogP contribution is -2.28. The van der Waals surface area contributed by atoms with Gasteiger partial charge in [0, 0.05) is 43.2 Å². The minimum absolute atomic E-state index is 0.0153. The number of thioether (sulfide) groups is 1. The van der Waals surface area contributed by atoms with E-state index in [1.807, 2.05) is 0 Å². The lowest BCUT2D eigenvalue weighted by molar-refractivity contribution is -0.133. The first-order valence-corrected chi connectivity index (χ1v) is 18.7. The molecule has 0 N–H and O–H groups in total. The molecule has 1 heterocycles. The fourth-order valence-corrected chi connectivity index (χ4v) is 6.79. The number of ketones is 2. The minimum atomic E-state index is -1.06. The highest BCUT2D eigenvalue weighted by Gasteiger charge is 2.54. The second kappa shape index (κ2) is 18.3. The number of nitrogens with zero attached hydrogens (tertiary/aromatic N) is 1. The predicted molar refractivity (Wildman–Crippen MR) is 196 cm³/mol. The summed E-state index contributed by atoms with van der Waals surface area (Å²) in [7, 11) is 1.56. The fraction of sp³-hybridized carbons (Fsp3) is 0.415. The van der Waals surface area contributed by atoms with Gasteiger partial charge in [-0.15, -0.1) is 0 Å². The third-order valence-corrected chi connectivity index (χ3v) is 10.2. The van der Waals surface area contributed by atoms with Crippen molar-refractivity contribution in [1.29, 1.82) is 0 Å². The molecular weight excluding hydrogens is 673 g/mol. The standard InChI is InChI=1S/C41H45F2NO6S/c1-28(45)51-22-10-8-6-4-3-5-7-9-21-49-38-27-34-32(26-37(38)48-2)35(17-20-44-34)50-36-16-13-30(23-33(36)43)25-40(47)41(18-19-41)39(46)24-29-11-14-31(42)15-12-29/h11-17,20,23,26-27H,3-10,18-19,21-22,24-25H2,1-2H3. The van der Waals surface area contributed by atoms with Crippen LogP contribution in [-0.2, 0) is 27.2 Å². The second-order valence-electron chi connectivity index (χ2n) is 13.1. The predicted octanol–water partition coefficient (Wildman–Crippen LogP) is 9.80. The van der Waals surface area contributed by atoms with Gasteiger partial charge in [0.1, 0.15) is 11.6 Å². The number of unbranched alkanes of at least 4 members (excludes halogenated alkanes) is 7. The van der Waals surface area contributed by atoms with Crippen molar-refractivity contribution in [3.05, 3.63) is 89.6 Å². The number of pyridine rings is 1. The molecule has 0 unspecified atom stereocenters. The maximum atomic E-state index is 15.3. The third kappa shape index (κ3) is 10.6. The number of hydrogen-bond acceptors (Lipinski definition) is 8. The summed E-state index contributed by atoms with van der Waals surface area (Å²) in [4.78, 5) is 41.7. The van der Waals surface area contributed by atoms with Crippen molar-refractivity contribution >= 4 is 39.3 Å². The van der Waals surface area contributed by atoms with E-state index in [9.17, 15) is 18.8 Å². The lowest BCUT2D eigenvalue weighted by atomic mass is 9.88. The first-order chi connectivity index (χ1) is 24.7. The first-order valence-electron chi connectivity index (χ1n) is 17.7. The number of carbonyl (C=O) groups excluding carboxylic acids is 3. The summed E-state index contributed by atoms with van der Waals surface area (Å²) in [6.45, 7) is 2.16. The van der Waals surface area contributed by atoms with Crippen LogP contribution in [-0.4, -0.2) is 41.1 Å². The number of hydrogen-bond donors (Lipinski definition) is 0. The number of aromatic nitrogens is 1. The Labute approximate surface area is 302 Å². The summed E-state index contributed by atoms with van der Waals surface area (Å²) >= 11 is 1.41. The number of Topliss-reactive ketones (excluding diaryl/α,β-unsaturated/α-hetero) is 2. The molecule has 0 atom stereocenters. The van der Waals surface area contributed by atoms with E-state index in [0.29, 0.717) is 58.7 Å². The van der Waals surface area contributed by atoms with E-state index in [0.717, 1.165) is 31.4 Å². The highest BCUT2D eigenvalue weighted by molar-refractivity contribution is 8.13. The van der Waals surface area contributed by atoms with Gasteiger partial charge in [-0.25, -0.2) is 8.78 Å². The van der Waals surface area contributed by atoms with Crippen LogP contribution >= 0.6 is 11.8 Å². The zero-order chi connectivity index (χ0) is 36.2. The first kappa shape index (κ1) is 37.9. The molecule has 1 saturated carbocycles. The summed E-state index contributed by atoms with van der Waals surface area (Å²) in [6.07, 6.45) is 11.5. The van der Waals surface area contributed by atoms with Crippen molar-refractivity contribution in [2.24, 2.45) is 5.41 Å². The minimum Gasteiger partial charge on any atom is -0.493 e. The van der Waals surface area contributed by atoms with E-state index in [-0.39, 0.29) is 41.1 Å². The Hall–Kier alpha value is -4.31. The molecular formula is C41H45F2NO6S. The molecule has 5 rings (SSSR count). The number of fused-ring (bicyclic) bond motifs is 1. The van der Waals surface area contributed by atoms with Crippen LogP contribution in [0.1, 0.15) is 82.3 Å². The van der Waals surface area contributed by atoms with E-state index in [4.69, 9.17) is 14.2 Å². The molecule has 1 fully saturated rings. The molecule has 1 aromatic heterocycles. The molecule has 4 aromatic rings.